The van der Waals surface area contributed by atoms with Gasteiger partial charge in [-0.1, -0.05) is 12.1 Å². The van der Waals surface area contributed by atoms with Crippen molar-refractivity contribution in [1.29, 1.82) is 0 Å². The number of anilines is 1. The number of aryl methyl sites for hydroxylation is 1. The molecule has 6 nitrogen and oxygen atoms in total. The number of hydrogen-bond donors (Lipinski definition) is 1. The molecule has 1 amide bonds. The van der Waals surface area contributed by atoms with Gasteiger partial charge in [-0.3, -0.25) is 9.78 Å². The predicted molar refractivity (Wildman–Crippen MR) is 117 cm³/mol. The third-order valence-corrected chi connectivity index (χ3v) is 5.58. The highest BCUT2D eigenvalue weighted by Gasteiger charge is 2.25. The number of esters is 1. The molecule has 0 aliphatic rings. The van der Waals surface area contributed by atoms with Crippen molar-refractivity contribution in [3.05, 3.63) is 63.2 Å². The van der Waals surface area contributed by atoms with Crippen LogP contribution in [0.4, 0.5) is 5.00 Å². The summed E-state index contributed by atoms with van der Waals surface area (Å²) >= 11 is 4.63. The fourth-order valence-corrected chi connectivity index (χ4v) is 4.30. The molecule has 2 heterocycles. The Hall–Kier alpha value is -2.71. The van der Waals surface area contributed by atoms with E-state index < -0.39 is 5.97 Å². The van der Waals surface area contributed by atoms with Crippen LogP contribution in [0.1, 0.15) is 32.5 Å². The zero-order valence-electron chi connectivity index (χ0n) is 16.1. The highest BCUT2D eigenvalue weighted by molar-refractivity contribution is 9.10. The van der Waals surface area contributed by atoms with E-state index >= 15 is 0 Å². The van der Waals surface area contributed by atoms with Crippen LogP contribution in [-0.2, 0) is 4.74 Å². The van der Waals surface area contributed by atoms with E-state index in [1.165, 1.54) is 24.6 Å². The van der Waals surface area contributed by atoms with Crippen LogP contribution in [0, 0.1) is 6.92 Å². The van der Waals surface area contributed by atoms with Crippen LogP contribution in [0.3, 0.4) is 0 Å². The van der Waals surface area contributed by atoms with E-state index in [1.54, 1.807) is 12.3 Å². The number of nitrogens with one attached hydrogen (secondary N) is 1. The minimum absolute atomic E-state index is 0.329. The van der Waals surface area contributed by atoms with Gasteiger partial charge in [-0.15, -0.1) is 11.3 Å². The maximum Gasteiger partial charge on any atom is 0.341 e. The lowest BCUT2D eigenvalue weighted by Gasteiger charge is -2.09. The van der Waals surface area contributed by atoms with E-state index in [-0.39, 0.29) is 5.91 Å². The molecule has 1 aromatic carbocycles. The van der Waals surface area contributed by atoms with E-state index in [1.807, 2.05) is 38.1 Å². The largest absolute Gasteiger partial charge is 0.494 e. The Bertz CT molecular complexity index is 1050. The van der Waals surface area contributed by atoms with E-state index in [4.69, 9.17) is 9.47 Å². The maximum atomic E-state index is 12.7. The Kier molecular flexibility index (Phi) is 6.66. The van der Waals surface area contributed by atoms with E-state index in [0.717, 1.165) is 21.8 Å². The smallest absolute Gasteiger partial charge is 0.341 e. The number of halogens is 1. The van der Waals surface area contributed by atoms with Gasteiger partial charge in [0, 0.05) is 27.3 Å². The molecule has 8 heteroatoms. The van der Waals surface area contributed by atoms with Gasteiger partial charge in [0.15, 0.2) is 0 Å². The van der Waals surface area contributed by atoms with Crippen molar-refractivity contribution in [3.63, 3.8) is 0 Å². The van der Waals surface area contributed by atoms with E-state index in [9.17, 15) is 9.59 Å². The average Bonchev–Trinajstić information content (AvgIpc) is 3.03. The number of amides is 1. The summed E-state index contributed by atoms with van der Waals surface area (Å²) in [5.41, 5.74) is 2.28. The van der Waals surface area contributed by atoms with Gasteiger partial charge in [0.25, 0.3) is 5.91 Å². The number of carbonyl (C=O) groups excluding carboxylic acids is 2. The molecule has 0 spiro atoms. The number of thiophene rings is 1. The summed E-state index contributed by atoms with van der Waals surface area (Å²) in [6.07, 6.45) is 3.06. The van der Waals surface area contributed by atoms with Gasteiger partial charge in [0.05, 0.1) is 19.3 Å². The fourth-order valence-electron chi connectivity index (χ4n) is 2.87. The molecule has 1 N–H and O–H groups in total. The zero-order chi connectivity index (χ0) is 21.0. The summed E-state index contributed by atoms with van der Waals surface area (Å²) in [5.74, 6) is -0.121. The minimum atomic E-state index is -0.513. The molecule has 0 aliphatic heterocycles. The standard InChI is InChI=1S/C21H19BrN2O4S/c1-4-28-16-7-5-13(6-8-16)17-12(2)29-20(18(17)21(26)27-3)24-19(25)14-9-15(22)11-23-10-14/h5-11H,4H2,1-3H3,(H,24,25). The number of methoxy groups -OCH3 is 1. The normalized spacial score (nSPS) is 10.5. The van der Waals surface area contributed by atoms with Crippen LogP contribution in [0.2, 0.25) is 0 Å². The maximum absolute atomic E-state index is 12.7. The molecule has 2 aromatic heterocycles. The molecule has 0 bridgehead atoms. The minimum Gasteiger partial charge on any atom is -0.494 e. The summed E-state index contributed by atoms with van der Waals surface area (Å²) in [5, 5.41) is 3.26. The van der Waals surface area contributed by atoms with Crippen LogP contribution >= 0.6 is 27.3 Å². The van der Waals surface area contributed by atoms with Crippen molar-refractivity contribution in [3.8, 4) is 16.9 Å². The first-order valence-electron chi connectivity index (χ1n) is 8.81. The van der Waals surface area contributed by atoms with E-state index in [2.05, 4.69) is 26.2 Å². The number of nitrogens with zero attached hydrogens (tertiary/aromatic N) is 1. The van der Waals surface area contributed by atoms with E-state index in [0.29, 0.717) is 27.2 Å². The van der Waals surface area contributed by atoms with Crippen molar-refractivity contribution >= 4 is 44.1 Å². The molecule has 0 atom stereocenters. The number of carbonyl (C=O) groups is 2. The van der Waals surface area contributed by atoms with Crippen molar-refractivity contribution in [1.82, 2.24) is 4.98 Å². The highest BCUT2D eigenvalue weighted by atomic mass is 79.9. The summed E-state index contributed by atoms with van der Waals surface area (Å²) in [7, 11) is 1.32. The molecule has 0 radical (unpaired) electrons. The summed E-state index contributed by atoms with van der Waals surface area (Å²) in [6.45, 7) is 4.39. The monoisotopic (exact) mass is 474 g/mol. The number of benzene rings is 1. The number of hydrogen-bond acceptors (Lipinski definition) is 6. The van der Waals surface area contributed by atoms with Crippen molar-refractivity contribution in [2.45, 2.75) is 13.8 Å². The molecule has 3 rings (SSSR count). The molecule has 0 unspecified atom stereocenters. The second kappa shape index (κ2) is 9.19. The Labute approximate surface area is 181 Å². The van der Waals surface area contributed by atoms with Gasteiger partial charge >= 0.3 is 5.97 Å². The second-order valence-corrected chi connectivity index (χ2v) is 8.17. The first-order chi connectivity index (χ1) is 13.9. The lowest BCUT2D eigenvalue weighted by molar-refractivity contribution is 0.0603. The summed E-state index contributed by atoms with van der Waals surface area (Å²) in [4.78, 5) is 30.1. The van der Waals surface area contributed by atoms with Crippen LogP contribution in [0.5, 0.6) is 5.75 Å². The summed E-state index contributed by atoms with van der Waals surface area (Å²) in [6, 6.07) is 9.13. The van der Waals surface area contributed by atoms with Crippen LogP contribution < -0.4 is 10.1 Å². The number of rotatable bonds is 6. The third kappa shape index (κ3) is 4.65. The lowest BCUT2D eigenvalue weighted by Crippen LogP contribution is -2.14. The van der Waals surface area contributed by atoms with Crippen molar-refractivity contribution < 1.29 is 19.1 Å². The van der Waals surface area contributed by atoms with Crippen LogP contribution in [0.15, 0.2) is 47.2 Å². The number of pyridine rings is 1. The first-order valence-corrected chi connectivity index (χ1v) is 10.4. The quantitative estimate of drug-likeness (QED) is 0.489. The highest BCUT2D eigenvalue weighted by Crippen LogP contribution is 2.41. The molecule has 150 valence electrons. The van der Waals surface area contributed by atoms with Crippen molar-refractivity contribution in [2.75, 3.05) is 19.0 Å². The fraction of sp³-hybridized carbons (Fsp3) is 0.190. The second-order valence-electron chi connectivity index (χ2n) is 6.03. The van der Waals surface area contributed by atoms with Gasteiger partial charge in [-0.2, -0.15) is 0 Å². The SMILES string of the molecule is CCOc1ccc(-c2c(C)sc(NC(=O)c3cncc(Br)c3)c2C(=O)OC)cc1. The van der Waals surface area contributed by atoms with Gasteiger partial charge < -0.3 is 14.8 Å². The van der Waals surface area contributed by atoms with Crippen LogP contribution in [0.25, 0.3) is 11.1 Å². The molecule has 0 aliphatic carbocycles. The van der Waals surface area contributed by atoms with Gasteiger partial charge in [-0.05, 0) is 53.5 Å². The Balaban J connectivity index is 2.01. The topological polar surface area (TPSA) is 77.5 Å². The Morgan fingerprint density at radius 3 is 2.55 bits per heavy atom. The number of aromatic nitrogens is 1. The van der Waals surface area contributed by atoms with Crippen LogP contribution in [-0.4, -0.2) is 30.6 Å². The Morgan fingerprint density at radius 1 is 1.21 bits per heavy atom. The zero-order valence-corrected chi connectivity index (χ0v) is 18.5. The predicted octanol–water partition coefficient (Wildman–Crippen LogP) is 5.32. The molecule has 0 saturated carbocycles. The molecule has 3 aromatic rings. The Morgan fingerprint density at radius 2 is 1.93 bits per heavy atom. The molecular formula is C21H19BrN2O4S. The molecule has 0 fully saturated rings. The first kappa shape index (κ1) is 21.0. The molecule has 29 heavy (non-hydrogen) atoms. The molecule has 0 saturated heterocycles. The average molecular weight is 475 g/mol. The lowest BCUT2D eigenvalue weighted by atomic mass is 10.0. The van der Waals surface area contributed by atoms with Crippen molar-refractivity contribution in [2.24, 2.45) is 0 Å². The number of ether oxygens (including phenoxy) is 2. The van der Waals surface area contributed by atoms with Gasteiger partial charge in [-0.25, -0.2) is 4.79 Å². The third-order valence-electron chi connectivity index (χ3n) is 4.12. The molecular weight excluding hydrogens is 456 g/mol. The van der Waals surface area contributed by atoms with Gasteiger partial charge in [0.1, 0.15) is 16.3 Å². The van der Waals surface area contributed by atoms with Gasteiger partial charge in [0.2, 0.25) is 0 Å². The summed E-state index contributed by atoms with van der Waals surface area (Å²) < 4.78 is 11.2.